The minimum atomic E-state index is -0.430. The molecule has 194 valence electrons. The number of esters is 1. The zero-order valence-electron chi connectivity index (χ0n) is 20.5. The minimum absolute atomic E-state index is 0.00117. The number of unbranched alkanes of at least 4 members (excludes halogenated alkanes) is 12. The third kappa shape index (κ3) is 9.69. The van der Waals surface area contributed by atoms with Gasteiger partial charge in [0.15, 0.2) is 5.75 Å². The molecule has 0 bridgehead atoms. The second-order valence-electron chi connectivity index (χ2n) is 8.94. The maximum absolute atomic E-state index is 12.6. The molecule has 1 N–H and O–H groups in total. The predicted molar refractivity (Wildman–Crippen MR) is 150 cm³/mol. The topological polar surface area (TPSA) is 46.5 Å². The van der Waals surface area contributed by atoms with Gasteiger partial charge in [0.05, 0.1) is 20.6 Å². The van der Waals surface area contributed by atoms with Crippen molar-refractivity contribution in [2.24, 2.45) is 0 Å². The summed E-state index contributed by atoms with van der Waals surface area (Å²) in [5.41, 5.74) is 0.588. The van der Waals surface area contributed by atoms with E-state index in [0.717, 1.165) is 19.3 Å². The van der Waals surface area contributed by atoms with Gasteiger partial charge in [0, 0.05) is 12.0 Å². The van der Waals surface area contributed by atoms with Crippen LogP contribution in [0.25, 0.3) is 11.1 Å². The smallest absolute Gasteiger partial charge is 0.311 e. The monoisotopic (exact) mass is 560 g/mol. The number of halogens is 4. The maximum Gasteiger partial charge on any atom is 0.311 e. The summed E-state index contributed by atoms with van der Waals surface area (Å²) in [5.74, 6) is -0.467. The van der Waals surface area contributed by atoms with Crippen LogP contribution >= 0.6 is 46.4 Å². The van der Waals surface area contributed by atoms with Crippen LogP contribution in [0.2, 0.25) is 20.1 Å². The fourth-order valence-corrected chi connectivity index (χ4v) is 5.06. The van der Waals surface area contributed by atoms with E-state index in [-0.39, 0.29) is 43.6 Å². The number of para-hydroxylation sites is 1. The second-order valence-corrected chi connectivity index (χ2v) is 10.5. The number of rotatable bonds is 16. The van der Waals surface area contributed by atoms with Gasteiger partial charge in [-0.15, -0.1) is 0 Å². The number of carbonyl (C=O) groups excluding carboxylic acids is 1. The maximum atomic E-state index is 12.6. The molecular formula is C28H36Cl4O3. The molecule has 0 fully saturated rings. The molecule has 3 nitrogen and oxygen atoms in total. The van der Waals surface area contributed by atoms with Gasteiger partial charge in [0.25, 0.3) is 0 Å². The molecule has 2 rings (SSSR count). The Morgan fingerprint density at radius 3 is 1.74 bits per heavy atom. The van der Waals surface area contributed by atoms with E-state index in [1.54, 1.807) is 18.2 Å². The number of carbonyl (C=O) groups is 1. The first kappa shape index (κ1) is 30.1. The summed E-state index contributed by atoms with van der Waals surface area (Å²) in [4.78, 5) is 12.6. The molecule has 0 amide bonds. The molecule has 0 radical (unpaired) electrons. The van der Waals surface area contributed by atoms with Gasteiger partial charge < -0.3 is 9.84 Å². The third-order valence-electron chi connectivity index (χ3n) is 6.10. The van der Waals surface area contributed by atoms with Gasteiger partial charge >= 0.3 is 5.97 Å². The second kappa shape index (κ2) is 16.6. The standard InChI is InChI=1S/C28H36Cl4O3/c1-2-3-4-5-6-7-8-9-10-11-12-13-14-19-22(34)35-28-23(20-17-15-16-18-21(20)33)24(29)25(30)26(31)27(28)32/h15-18,33H,2-14,19H2,1H3. The summed E-state index contributed by atoms with van der Waals surface area (Å²) < 4.78 is 5.60. The number of hydrogen-bond acceptors (Lipinski definition) is 3. The van der Waals surface area contributed by atoms with Crippen molar-refractivity contribution in [3.05, 3.63) is 44.4 Å². The molecule has 35 heavy (non-hydrogen) atoms. The first-order valence-electron chi connectivity index (χ1n) is 12.7. The molecule has 0 saturated carbocycles. The lowest BCUT2D eigenvalue weighted by Crippen LogP contribution is -2.09. The van der Waals surface area contributed by atoms with Gasteiger partial charge in [-0.25, -0.2) is 0 Å². The molecular weight excluding hydrogens is 526 g/mol. The summed E-state index contributed by atoms with van der Waals surface area (Å²) in [6, 6.07) is 6.54. The molecule has 0 unspecified atom stereocenters. The molecule has 0 spiro atoms. The Balaban J connectivity index is 1.80. The first-order chi connectivity index (χ1) is 16.9. The highest BCUT2D eigenvalue weighted by atomic mass is 35.5. The van der Waals surface area contributed by atoms with Crippen molar-refractivity contribution >= 4 is 52.4 Å². The zero-order chi connectivity index (χ0) is 25.6. The molecule has 0 aliphatic heterocycles. The minimum Gasteiger partial charge on any atom is -0.507 e. The molecule has 2 aromatic carbocycles. The van der Waals surface area contributed by atoms with E-state index in [1.165, 1.54) is 70.3 Å². The van der Waals surface area contributed by atoms with Crippen LogP contribution < -0.4 is 4.74 Å². The van der Waals surface area contributed by atoms with Crippen molar-refractivity contribution < 1.29 is 14.6 Å². The van der Waals surface area contributed by atoms with E-state index >= 15 is 0 Å². The van der Waals surface area contributed by atoms with Crippen LogP contribution in [0, 0.1) is 0 Å². The Hall–Kier alpha value is -1.13. The van der Waals surface area contributed by atoms with Crippen molar-refractivity contribution in [1.29, 1.82) is 0 Å². The summed E-state index contributed by atoms with van der Waals surface area (Å²) in [6.07, 6.45) is 16.2. The molecule has 0 aliphatic rings. The lowest BCUT2D eigenvalue weighted by atomic mass is 10.0. The molecule has 0 aromatic heterocycles. The van der Waals surface area contributed by atoms with Gasteiger partial charge in [0.1, 0.15) is 10.8 Å². The van der Waals surface area contributed by atoms with Crippen molar-refractivity contribution in [3.8, 4) is 22.6 Å². The molecule has 0 aliphatic carbocycles. The van der Waals surface area contributed by atoms with E-state index in [2.05, 4.69) is 6.92 Å². The van der Waals surface area contributed by atoms with E-state index < -0.39 is 5.97 Å². The van der Waals surface area contributed by atoms with Gasteiger partial charge in [0.2, 0.25) is 0 Å². The summed E-state index contributed by atoms with van der Waals surface area (Å²) in [6.45, 7) is 2.25. The third-order valence-corrected chi connectivity index (χ3v) is 7.88. The Morgan fingerprint density at radius 1 is 0.714 bits per heavy atom. The number of phenols is 1. The van der Waals surface area contributed by atoms with Crippen LogP contribution in [0.3, 0.4) is 0 Å². The van der Waals surface area contributed by atoms with Gasteiger partial charge in [-0.05, 0) is 12.5 Å². The van der Waals surface area contributed by atoms with Crippen molar-refractivity contribution in [2.45, 2.75) is 96.8 Å². The number of hydrogen-bond donors (Lipinski definition) is 1. The van der Waals surface area contributed by atoms with Crippen LogP contribution in [0.1, 0.15) is 96.8 Å². The van der Waals surface area contributed by atoms with Crippen molar-refractivity contribution in [2.75, 3.05) is 0 Å². The number of phenolic OH excluding ortho intramolecular Hbond substituents is 1. The van der Waals surface area contributed by atoms with Gasteiger partial charge in [-0.1, -0.05) is 149 Å². The van der Waals surface area contributed by atoms with E-state index in [4.69, 9.17) is 51.1 Å². The fourth-order valence-electron chi connectivity index (χ4n) is 4.08. The van der Waals surface area contributed by atoms with Crippen molar-refractivity contribution in [3.63, 3.8) is 0 Å². The van der Waals surface area contributed by atoms with Crippen LogP contribution in [0.4, 0.5) is 0 Å². The van der Waals surface area contributed by atoms with Crippen LogP contribution in [-0.2, 0) is 4.79 Å². The average molecular weight is 562 g/mol. The highest BCUT2D eigenvalue weighted by Crippen LogP contribution is 2.51. The summed E-state index contributed by atoms with van der Waals surface area (Å²) >= 11 is 25.2. The molecule has 2 aromatic rings. The normalized spacial score (nSPS) is 11.1. The van der Waals surface area contributed by atoms with Crippen LogP contribution in [0.15, 0.2) is 24.3 Å². The molecule has 0 heterocycles. The first-order valence-corrected chi connectivity index (χ1v) is 14.2. The Morgan fingerprint density at radius 2 is 1.20 bits per heavy atom. The van der Waals surface area contributed by atoms with E-state index in [1.807, 2.05) is 0 Å². The highest BCUT2D eigenvalue weighted by Gasteiger charge is 2.26. The lowest BCUT2D eigenvalue weighted by Gasteiger charge is -2.17. The molecule has 7 heteroatoms. The average Bonchev–Trinajstić information content (AvgIpc) is 2.85. The van der Waals surface area contributed by atoms with Gasteiger partial charge in [-0.2, -0.15) is 0 Å². The Labute approximate surface area is 230 Å². The lowest BCUT2D eigenvalue weighted by molar-refractivity contribution is -0.134. The highest BCUT2D eigenvalue weighted by molar-refractivity contribution is 6.53. The SMILES string of the molecule is CCCCCCCCCCCCCCCC(=O)Oc1c(Cl)c(Cl)c(Cl)c(Cl)c1-c1ccccc1O. The van der Waals surface area contributed by atoms with E-state index in [9.17, 15) is 9.90 Å². The zero-order valence-corrected chi connectivity index (χ0v) is 23.5. The van der Waals surface area contributed by atoms with E-state index in [0.29, 0.717) is 5.56 Å². The summed E-state index contributed by atoms with van der Waals surface area (Å²) in [5, 5.41) is 10.4. The van der Waals surface area contributed by atoms with Crippen molar-refractivity contribution in [1.82, 2.24) is 0 Å². The summed E-state index contributed by atoms with van der Waals surface area (Å²) in [7, 11) is 0. The quantitative estimate of drug-likeness (QED) is 0.0728. The Kier molecular flexibility index (Phi) is 14.3. The number of benzene rings is 2. The number of aromatic hydroxyl groups is 1. The Bertz CT molecular complexity index is 946. The molecule has 0 atom stereocenters. The predicted octanol–water partition coefficient (Wildman–Crippen LogP) is 11.1. The van der Waals surface area contributed by atoms with Crippen LogP contribution in [-0.4, -0.2) is 11.1 Å². The van der Waals surface area contributed by atoms with Gasteiger partial charge in [-0.3, -0.25) is 4.79 Å². The van der Waals surface area contributed by atoms with Crippen LogP contribution in [0.5, 0.6) is 11.5 Å². The molecule has 0 saturated heterocycles. The number of ether oxygens (including phenoxy) is 1. The fraction of sp³-hybridized carbons (Fsp3) is 0.536. The largest absolute Gasteiger partial charge is 0.507 e.